The molecule has 0 aliphatic rings. The first-order valence-electron chi connectivity index (χ1n) is 8.00. The van der Waals surface area contributed by atoms with Crippen molar-refractivity contribution in [2.75, 3.05) is 5.32 Å². The molecule has 0 unspecified atom stereocenters. The Hall–Kier alpha value is -2.20. The summed E-state index contributed by atoms with van der Waals surface area (Å²) in [6.45, 7) is 0. The van der Waals surface area contributed by atoms with E-state index in [0.717, 1.165) is 14.6 Å². The fourth-order valence-electron chi connectivity index (χ4n) is 2.36. The van der Waals surface area contributed by atoms with Gasteiger partial charge in [-0.1, -0.05) is 0 Å². The van der Waals surface area contributed by atoms with Gasteiger partial charge in [0.1, 0.15) is 0 Å². The van der Waals surface area contributed by atoms with Crippen molar-refractivity contribution >= 4 is 52.7 Å². The summed E-state index contributed by atoms with van der Waals surface area (Å²) < 4.78 is 1.89. The van der Waals surface area contributed by atoms with Crippen LogP contribution >= 0.6 is 15.9 Å². The number of Topliss-reactive ketones (excluding diaryl/α,β-unsaturated/α-hetero) is 1. The summed E-state index contributed by atoms with van der Waals surface area (Å²) >= 11 is 3.27. The molecule has 0 aliphatic carbocycles. The zero-order chi connectivity index (χ0) is 18.4. The van der Waals surface area contributed by atoms with E-state index in [1.165, 1.54) is 0 Å². The van der Waals surface area contributed by atoms with E-state index in [4.69, 9.17) is 0 Å². The number of halogens is 1. The maximum absolute atomic E-state index is 12.6. The first-order chi connectivity index (χ1) is 12.6. The van der Waals surface area contributed by atoms with Crippen molar-refractivity contribution in [1.82, 2.24) is 0 Å². The predicted molar refractivity (Wildman–Crippen MR) is 110 cm³/mol. The summed E-state index contributed by atoms with van der Waals surface area (Å²) in [4.78, 5) is 25.0. The predicted octanol–water partition coefficient (Wildman–Crippen LogP) is 4.33. The molecular formula is C21H16BrNO2Se. The van der Waals surface area contributed by atoms with Crippen molar-refractivity contribution in [3.05, 3.63) is 94.5 Å². The number of carbonyl (C=O) groups excluding carboxylic acids is 2. The Kier molecular flexibility index (Phi) is 6.40. The second kappa shape index (κ2) is 8.95. The molecule has 3 aromatic rings. The quantitative estimate of drug-likeness (QED) is 0.428. The SMILES string of the molecule is O=C(C[Se]c1ccccc1C(=O)Nc1ccc(Br)cc1)c1ccccc1. The van der Waals surface area contributed by atoms with Crippen LogP contribution in [0, 0.1) is 0 Å². The van der Waals surface area contributed by atoms with E-state index < -0.39 is 0 Å². The Balaban J connectivity index is 1.70. The average Bonchev–Trinajstić information content (AvgIpc) is 2.68. The third-order valence-corrected chi connectivity index (χ3v) is 6.47. The Bertz CT molecular complexity index is 911. The van der Waals surface area contributed by atoms with E-state index in [0.29, 0.717) is 16.4 Å². The molecular weight excluding hydrogens is 457 g/mol. The van der Waals surface area contributed by atoms with Gasteiger partial charge in [0.05, 0.1) is 0 Å². The van der Waals surface area contributed by atoms with Gasteiger partial charge in [0.15, 0.2) is 0 Å². The molecule has 0 aromatic heterocycles. The minimum absolute atomic E-state index is 0.105. The molecule has 0 saturated heterocycles. The first-order valence-corrected chi connectivity index (χ1v) is 10.9. The number of benzene rings is 3. The summed E-state index contributed by atoms with van der Waals surface area (Å²) in [6.07, 6.45) is 0. The zero-order valence-corrected chi connectivity index (χ0v) is 17.1. The fourth-order valence-corrected chi connectivity index (χ4v) is 4.61. The van der Waals surface area contributed by atoms with E-state index in [9.17, 15) is 9.59 Å². The molecule has 1 N–H and O–H groups in total. The van der Waals surface area contributed by atoms with Crippen LogP contribution in [0.15, 0.2) is 83.3 Å². The zero-order valence-electron chi connectivity index (χ0n) is 13.8. The molecule has 130 valence electrons. The number of amides is 1. The van der Waals surface area contributed by atoms with Gasteiger partial charge < -0.3 is 0 Å². The Morgan fingerprint density at radius 2 is 1.50 bits per heavy atom. The number of hydrogen-bond acceptors (Lipinski definition) is 2. The molecule has 0 spiro atoms. The molecule has 5 heteroatoms. The van der Waals surface area contributed by atoms with Crippen molar-refractivity contribution < 1.29 is 9.59 Å². The van der Waals surface area contributed by atoms with Gasteiger partial charge in [0.2, 0.25) is 0 Å². The van der Waals surface area contributed by atoms with Crippen molar-refractivity contribution in [2.45, 2.75) is 5.32 Å². The summed E-state index contributed by atoms with van der Waals surface area (Å²) in [5.74, 6) is -0.0503. The van der Waals surface area contributed by atoms with Crippen LogP contribution in [0.1, 0.15) is 20.7 Å². The fraction of sp³-hybridized carbons (Fsp3) is 0.0476. The van der Waals surface area contributed by atoms with E-state index in [-0.39, 0.29) is 26.6 Å². The summed E-state index contributed by atoms with van der Waals surface area (Å²) in [5.41, 5.74) is 2.07. The normalized spacial score (nSPS) is 10.3. The Morgan fingerprint density at radius 1 is 0.846 bits per heavy atom. The molecule has 3 nitrogen and oxygen atoms in total. The molecule has 0 saturated carbocycles. The van der Waals surface area contributed by atoms with E-state index in [1.807, 2.05) is 72.8 Å². The molecule has 3 rings (SSSR count). The molecule has 0 aliphatic heterocycles. The minimum atomic E-state index is -0.156. The van der Waals surface area contributed by atoms with Crippen LogP contribution in [0.3, 0.4) is 0 Å². The van der Waals surface area contributed by atoms with Crippen molar-refractivity contribution in [2.24, 2.45) is 0 Å². The summed E-state index contributed by atoms with van der Waals surface area (Å²) in [5, 5.41) is 3.34. The van der Waals surface area contributed by atoms with Crippen LogP contribution in [0.25, 0.3) is 0 Å². The molecule has 0 bridgehead atoms. The average molecular weight is 473 g/mol. The standard InChI is InChI=1S/C21H16BrNO2Se/c22-16-10-12-17(13-11-16)23-21(25)18-8-4-5-9-20(18)26-14-19(24)15-6-2-1-3-7-15/h1-13H,14H2,(H,23,25). The molecule has 26 heavy (non-hydrogen) atoms. The molecule has 0 heterocycles. The summed E-state index contributed by atoms with van der Waals surface area (Å²) in [6, 6.07) is 24.2. The van der Waals surface area contributed by atoms with Crippen LogP contribution in [-0.4, -0.2) is 26.6 Å². The van der Waals surface area contributed by atoms with Crippen LogP contribution in [0.2, 0.25) is 5.32 Å². The topological polar surface area (TPSA) is 46.2 Å². The van der Waals surface area contributed by atoms with E-state index in [2.05, 4.69) is 21.2 Å². The van der Waals surface area contributed by atoms with Gasteiger partial charge in [0, 0.05) is 0 Å². The molecule has 0 fully saturated rings. The maximum atomic E-state index is 12.6. The van der Waals surface area contributed by atoms with E-state index >= 15 is 0 Å². The van der Waals surface area contributed by atoms with Gasteiger partial charge in [-0.2, -0.15) is 0 Å². The number of nitrogens with one attached hydrogen (secondary N) is 1. The van der Waals surface area contributed by atoms with Crippen LogP contribution < -0.4 is 9.78 Å². The van der Waals surface area contributed by atoms with Crippen molar-refractivity contribution in [3.8, 4) is 0 Å². The number of hydrogen-bond donors (Lipinski definition) is 1. The number of rotatable bonds is 6. The summed E-state index contributed by atoms with van der Waals surface area (Å²) in [7, 11) is 0. The van der Waals surface area contributed by atoms with Gasteiger partial charge in [-0.05, 0) is 0 Å². The third-order valence-electron chi connectivity index (χ3n) is 3.69. The van der Waals surface area contributed by atoms with E-state index in [1.54, 1.807) is 6.07 Å². The van der Waals surface area contributed by atoms with Crippen LogP contribution in [-0.2, 0) is 0 Å². The first kappa shape index (κ1) is 18.6. The monoisotopic (exact) mass is 473 g/mol. The number of ketones is 1. The van der Waals surface area contributed by atoms with Gasteiger partial charge in [-0.25, -0.2) is 0 Å². The van der Waals surface area contributed by atoms with Crippen LogP contribution in [0.5, 0.6) is 0 Å². The Labute approximate surface area is 167 Å². The van der Waals surface area contributed by atoms with Crippen LogP contribution in [0.4, 0.5) is 5.69 Å². The second-order valence-corrected chi connectivity index (χ2v) is 8.58. The number of carbonyl (C=O) groups is 2. The van der Waals surface area contributed by atoms with Gasteiger partial charge >= 0.3 is 167 Å². The van der Waals surface area contributed by atoms with Gasteiger partial charge in [-0.3, -0.25) is 0 Å². The van der Waals surface area contributed by atoms with Gasteiger partial charge in [-0.15, -0.1) is 0 Å². The molecule has 1 amide bonds. The third kappa shape index (κ3) is 4.92. The molecule has 0 radical (unpaired) electrons. The van der Waals surface area contributed by atoms with Crippen molar-refractivity contribution in [3.63, 3.8) is 0 Å². The molecule has 3 aromatic carbocycles. The number of anilines is 1. The molecule has 0 atom stereocenters. The van der Waals surface area contributed by atoms with Crippen molar-refractivity contribution in [1.29, 1.82) is 0 Å². The Morgan fingerprint density at radius 3 is 2.23 bits per heavy atom. The van der Waals surface area contributed by atoms with Gasteiger partial charge in [0.25, 0.3) is 0 Å². The second-order valence-electron chi connectivity index (χ2n) is 5.54.